The highest BCUT2D eigenvalue weighted by atomic mass is 16.5. The van der Waals surface area contributed by atoms with Crippen LogP contribution in [0.3, 0.4) is 0 Å². The van der Waals surface area contributed by atoms with E-state index in [0.29, 0.717) is 6.42 Å². The molecular weight excluding hydrogens is 588 g/mol. The van der Waals surface area contributed by atoms with Crippen molar-refractivity contribution >= 4 is 5.97 Å². The maximum Gasteiger partial charge on any atom is 0.306 e. The number of unbranched alkanes of at least 4 members (excludes halogenated alkanes) is 18. The predicted molar refractivity (Wildman–Crippen MR) is 206 cm³/mol. The van der Waals surface area contributed by atoms with Gasteiger partial charge in [0, 0.05) is 6.42 Å². The molecule has 0 aliphatic carbocycles. The maximum atomic E-state index is 12.5. The van der Waals surface area contributed by atoms with Gasteiger partial charge in [0.05, 0.1) is 6.61 Å². The highest BCUT2D eigenvalue weighted by Crippen LogP contribution is 2.34. The third-order valence-electron chi connectivity index (χ3n) is 9.59. The summed E-state index contributed by atoms with van der Waals surface area (Å²) in [5.41, 5.74) is 5.74. The van der Waals surface area contributed by atoms with Crippen LogP contribution in [0.25, 0.3) is 22.3 Å². The number of hydrogen-bond acceptors (Lipinski definition) is 3. The lowest BCUT2D eigenvalue weighted by Gasteiger charge is -2.15. The highest BCUT2D eigenvalue weighted by molar-refractivity contribution is 5.83. The lowest BCUT2D eigenvalue weighted by Crippen LogP contribution is -2.08. The van der Waals surface area contributed by atoms with Crippen LogP contribution in [-0.2, 0) is 9.53 Å². The van der Waals surface area contributed by atoms with E-state index in [1.165, 1.54) is 126 Å². The van der Waals surface area contributed by atoms with Crippen LogP contribution >= 0.6 is 0 Å². The van der Waals surface area contributed by atoms with Crippen molar-refractivity contribution in [2.75, 3.05) is 6.61 Å². The zero-order chi connectivity index (χ0) is 34.1. The Morgan fingerprint density at radius 3 is 1.42 bits per heavy atom. The molecule has 3 rings (SSSR count). The van der Waals surface area contributed by atoms with Crippen molar-refractivity contribution in [2.45, 2.75) is 162 Å². The van der Waals surface area contributed by atoms with Gasteiger partial charge in [0.2, 0.25) is 0 Å². The van der Waals surface area contributed by atoms with E-state index in [4.69, 9.17) is 9.47 Å². The van der Waals surface area contributed by atoms with Crippen molar-refractivity contribution in [1.82, 2.24) is 0 Å². The van der Waals surface area contributed by atoms with E-state index in [1.807, 2.05) is 6.92 Å². The first-order valence-electron chi connectivity index (χ1n) is 19.7. The van der Waals surface area contributed by atoms with Crippen LogP contribution in [0.15, 0.2) is 72.8 Å². The predicted octanol–water partition coefficient (Wildman–Crippen LogP) is 14.2. The normalized spacial score (nSPS) is 11.8. The van der Waals surface area contributed by atoms with Gasteiger partial charge >= 0.3 is 5.97 Å². The van der Waals surface area contributed by atoms with Gasteiger partial charge < -0.3 is 9.47 Å². The molecule has 3 aromatic rings. The first kappa shape index (κ1) is 39.4. The minimum absolute atomic E-state index is 0.0916. The zero-order valence-electron chi connectivity index (χ0n) is 30.8. The van der Waals surface area contributed by atoms with Crippen LogP contribution in [0.1, 0.15) is 167 Å². The fraction of sp³-hybridized carbons (Fsp3) is 0.578. The Hall–Kier alpha value is -3.07. The topological polar surface area (TPSA) is 35.5 Å². The second kappa shape index (κ2) is 25.0. The first-order chi connectivity index (χ1) is 23.6. The molecule has 48 heavy (non-hydrogen) atoms. The van der Waals surface area contributed by atoms with Crippen LogP contribution in [0.2, 0.25) is 0 Å². The molecule has 1 atom stereocenters. The summed E-state index contributed by atoms with van der Waals surface area (Å²) in [5.74, 6) is 0.847. The van der Waals surface area contributed by atoms with Crippen molar-refractivity contribution in [3.63, 3.8) is 0 Å². The van der Waals surface area contributed by atoms with Crippen molar-refractivity contribution in [1.29, 1.82) is 0 Å². The lowest BCUT2D eigenvalue weighted by atomic mass is 9.93. The van der Waals surface area contributed by atoms with Crippen LogP contribution in [0.5, 0.6) is 5.75 Å². The SMILES string of the molecule is CCCCCCCCCCCCCOc1ccc(-c2ccccc2-c2ccc(C(C)OC(=O)CCCCCCCCCCC)cc2)cc1. The Morgan fingerprint density at radius 2 is 0.938 bits per heavy atom. The molecule has 0 heterocycles. The first-order valence-corrected chi connectivity index (χ1v) is 19.7. The average molecular weight is 655 g/mol. The van der Waals surface area contributed by atoms with Crippen LogP contribution in [-0.4, -0.2) is 12.6 Å². The Balaban J connectivity index is 1.38. The quantitative estimate of drug-likeness (QED) is 0.0606. The number of ether oxygens (including phenoxy) is 2. The number of esters is 1. The molecule has 3 nitrogen and oxygen atoms in total. The minimum Gasteiger partial charge on any atom is -0.494 e. The molecule has 0 fully saturated rings. The summed E-state index contributed by atoms with van der Waals surface area (Å²) in [7, 11) is 0. The standard InChI is InChI=1S/C45H66O3/c1-4-6-8-10-12-14-15-17-19-21-25-37-47-42-35-33-41(34-36-42)44-27-24-23-26-43(44)40-31-29-39(30-32-40)38(3)48-45(46)28-22-20-18-16-13-11-9-7-5-2/h23-24,26-27,29-36,38H,4-22,25,28,37H2,1-3H3. The third-order valence-corrected chi connectivity index (χ3v) is 9.59. The van der Waals surface area contributed by atoms with Gasteiger partial charge in [-0.3, -0.25) is 4.79 Å². The molecule has 3 aromatic carbocycles. The fourth-order valence-electron chi connectivity index (χ4n) is 6.51. The van der Waals surface area contributed by atoms with Gasteiger partial charge in [-0.1, -0.05) is 190 Å². The number of benzene rings is 3. The summed E-state index contributed by atoms with van der Waals surface area (Å²) < 4.78 is 11.9. The summed E-state index contributed by atoms with van der Waals surface area (Å²) in [4.78, 5) is 12.5. The summed E-state index contributed by atoms with van der Waals surface area (Å²) in [5, 5.41) is 0. The van der Waals surface area contributed by atoms with Gasteiger partial charge in [0.1, 0.15) is 11.9 Å². The highest BCUT2D eigenvalue weighted by Gasteiger charge is 2.13. The summed E-state index contributed by atoms with van der Waals surface area (Å²) in [6.45, 7) is 7.29. The van der Waals surface area contributed by atoms with Crippen LogP contribution in [0.4, 0.5) is 0 Å². The fourth-order valence-corrected chi connectivity index (χ4v) is 6.51. The Kier molecular flexibility index (Phi) is 20.5. The van der Waals surface area contributed by atoms with Gasteiger partial charge in [-0.2, -0.15) is 0 Å². The average Bonchev–Trinajstić information content (AvgIpc) is 3.11. The van der Waals surface area contributed by atoms with E-state index >= 15 is 0 Å². The molecule has 1 unspecified atom stereocenters. The summed E-state index contributed by atoms with van der Waals surface area (Å²) >= 11 is 0. The minimum atomic E-state index is -0.252. The number of carbonyl (C=O) groups is 1. The Morgan fingerprint density at radius 1 is 0.521 bits per heavy atom. The summed E-state index contributed by atoms with van der Waals surface area (Å²) in [6.07, 6.45) is 26.3. The van der Waals surface area contributed by atoms with E-state index in [-0.39, 0.29) is 12.1 Å². The second-order valence-electron chi connectivity index (χ2n) is 13.8. The molecule has 0 radical (unpaired) electrons. The molecule has 3 heteroatoms. The monoisotopic (exact) mass is 655 g/mol. The molecule has 0 N–H and O–H groups in total. The van der Waals surface area contributed by atoms with Gasteiger partial charge in [0.15, 0.2) is 0 Å². The molecule has 0 bridgehead atoms. The smallest absolute Gasteiger partial charge is 0.306 e. The van der Waals surface area contributed by atoms with Gasteiger partial charge in [-0.05, 0) is 59.7 Å². The Labute approximate surface area is 294 Å². The van der Waals surface area contributed by atoms with Crippen molar-refractivity contribution in [2.24, 2.45) is 0 Å². The van der Waals surface area contributed by atoms with Gasteiger partial charge in [0.25, 0.3) is 0 Å². The van der Waals surface area contributed by atoms with E-state index in [9.17, 15) is 4.79 Å². The third kappa shape index (κ3) is 15.9. The number of rotatable bonds is 27. The molecule has 0 saturated heterocycles. The maximum absolute atomic E-state index is 12.5. The molecule has 0 amide bonds. The van der Waals surface area contributed by atoms with E-state index in [0.717, 1.165) is 42.7 Å². The molecule has 0 aromatic heterocycles. The van der Waals surface area contributed by atoms with E-state index < -0.39 is 0 Å². The van der Waals surface area contributed by atoms with Crippen LogP contribution in [0, 0.1) is 0 Å². The Bertz CT molecular complexity index is 1230. The van der Waals surface area contributed by atoms with Gasteiger partial charge in [-0.15, -0.1) is 0 Å². The van der Waals surface area contributed by atoms with E-state index in [1.54, 1.807) is 0 Å². The zero-order valence-corrected chi connectivity index (χ0v) is 30.8. The van der Waals surface area contributed by atoms with Crippen LogP contribution < -0.4 is 4.74 Å². The van der Waals surface area contributed by atoms with Gasteiger partial charge in [-0.25, -0.2) is 0 Å². The molecule has 0 spiro atoms. The van der Waals surface area contributed by atoms with Crippen molar-refractivity contribution in [3.05, 3.63) is 78.4 Å². The molecule has 0 saturated carbocycles. The molecule has 0 aliphatic rings. The number of hydrogen-bond donors (Lipinski definition) is 0. The lowest BCUT2D eigenvalue weighted by molar-refractivity contribution is -0.148. The van der Waals surface area contributed by atoms with Crippen molar-refractivity contribution < 1.29 is 14.3 Å². The summed E-state index contributed by atoms with van der Waals surface area (Å²) in [6, 6.07) is 25.5. The van der Waals surface area contributed by atoms with E-state index in [2.05, 4.69) is 86.6 Å². The van der Waals surface area contributed by atoms with Crippen molar-refractivity contribution in [3.8, 4) is 28.0 Å². The largest absolute Gasteiger partial charge is 0.494 e. The molecule has 0 aliphatic heterocycles. The molecular formula is C45H66O3. The second-order valence-corrected chi connectivity index (χ2v) is 13.8. The number of carbonyl (C=O) groups excluding carboxylic acids is 1. The molecule has 264 valence electrons.